The number of aromatic nitrogens is 2. The summed E-state index contributed by atoms with van der Waals surface area (Å²) < 4.78 is 0. The van der Waals surface area contributed by atoms with Gasteiger partial charge in [-0.3, -0.25) is 4.79 Å². The Labute approximate surface area is 184 Å². The second kappa shape index (κ2) is 9.35. The van der Waals surface area contributed by atoms with Crippen LogP contribution in [0.15, 0.2) is 18.2 Å². The van der Waals surface area contributed by atoms with E-state index in [2.05, 4.69) is 46.7 Å². The summed E-state index contributed by atoms with van der Waals surface area (Å²) in [4.78, 5) is 23.5. The van der Waals surface area contributed by atoms with Crippen molar-refractivity contribution in [2.24, 2.45) is 0 Å². The van der Waals surface area contributed by atoms with Crippen molar-refractivity contribution in [2.75, 3.05) is 30.9 Å². The van der Waals surface area contributed by atoms with Gasteiger partial charge < -0.3 is 20.9 Å². The summed E-state index contributed by atoms with van der Waals surface area (Å²) in [7, 11) is 3.77. The van der Waals surface area contributed by atoms with E-state index in [1.807, 2.05) is 31.1 Å². The van der Waals surface area contributed by atoms with E-state index in [4.69, 9.17) is 11.6 Å². The second-order valence-corrected chi connectivity index (χ2v) is 9.73. The molecule has 0 atom stereocenters. The van der Waals surface area contributed by atoms with E-state index >= 15 is 0 Å². The topological polar surface area (TPSA) is 82.2 Å². The Kier molecular flexibility index (Phi) is 7.03. The Hall–Kier alpha value is -2.12. The molecule has 1 heterocycles. The van der Waals surface area contributed by atoms with Gasteiger partial charge in [0.25, 0.3) is 0 Å². The molecule has 1 aliphatic rings. The molecule has 0 unspecified atom stereocenters. The Morgan fingerprint density at radius 1 is 1.13 bits per heavy atom. The van der Waals surface area contributed by atoms with Crippen LogP contribution in [0.5, 0.6) is 0 Å². The maximum atomic E-state index is 12.5. The van der Waals surface area contributed by atoms with Crippen LogP contribution in [-0.4, -0.2) is 54.1 Å². The first-order valence-corrected chi connectivity index (χ1v) is 10.9. The van der Waals surface area contributed by atoms with Crippen LogP contribution in [0.1, 0.15) is 46.5 Å². The number of anilines is 2. The van der Waals surface area contributed by atoms with Gasteiger partial charge in [0, 0.05) is 42.1 Å². The lowest BCUT2D eigenvalue weighted by molar-refractivity contribution is -0.120. The molecule has 8 heteroatoms. The molecule has 3 N–H and O–H groups in total. The Morgan fingerprint density at radius 2 is 1.80 bits per heavy atom. The molecule has 1 aromatic heterocycles. The maximum Gasteiger partial charge on any atom is 0.239 e. The number of rotatable bonds is 6. The highest BCUT2D eigenvalue weighted by atomic mass is 35.5. The second-order valence-electron chi connectivity index (χ2n) is 9.29. The van der Waals surface area contributed by atoms with Gasteiger partial charge in [-0.1, -0.05) is 11.6 Å². The molecule has 7 nitrogen and oxygen atoms in total. The number of amides is 1. The Balaban J connectivity index is 1.58. The van der Waals surface area contributed by atoms with Crippen molar-refractivity contribution in [1.29, 1.82) is 0 Å². The van der Waals surface area contributed by atoms with Crippen molar-refractivity contribution in [1.82, 2.24) is 20.6 Å². The molecule has 1 amide bonds. The highest BCUT2D eigenvalue weighted by Gasteiger charge is 2.25. The van der Waals surface area contributed by atoms with Crippen molar-refractivity contribution >= 4 is 40.2 Å². The molecule has 0 radical (unpaired) electrons. The zero-order valence-corrected chi connectivity index (χ0v) is 19.3. The molecule has 1 saturated carbocycles. The fourth-order valence-corrected chi connectivity index (χ4v) is 4.03. The summed E-state index contributed by atoms with van der Waals surface area (Å²) in [6.45, 7) is 6.74. The SMILES string of the molecule is CN(C)c1nc(NCC(=O)NC2CCC(NC(C)(C)C)CC2)c2cc(Cl)ccc2n1. The fraction of sp³-hybridized carbons (Fsp3) is 0.591. The number of nitrogens with zero attached hydrogens (tertiary/aromatic N) is 3. The van der Waals surface area contributed by atoms with Crippen molar-refractivity contribution in [2.45, 2.75) is 64.1 Å². The van der Waals surface area contributed by atoms with E-state index in [0.29, 0.717) is 22.8 Å². The zero-order chi connectivity index (χ0) is 21.9. The lowest BCUT2D eigenvalue weighted by Crippen LogP contribution is -2.48. The Bertz CT molecular complexity index is 887. The van der Waals surface area contributed by atoms with Gasteiger partial charge in [0.15, 0.2) is 0 Å². The van der Waals surface area contributed by atoms with Crippen LogP contribution in [0.25, 0.3) is 10.9 Å². The molecule has 164 valence electrons. The van der Waals surface area contributed by atoms with Crippen molar-refractivity contribution in [3.8, 4) is 0 Å². The highest BCUT2D eigenvalue weighted by molar-refractivity contribution is 6.31. The van der Waals surface area contributed by atoms with E-state index in [0.717, 1.165) is 36.6 Å². The molecule has 30 heavy (non-hydrogen) atoms. The molecule has 0 spiro atoms. The fourth-order valence-electron chi connectivity index (χ4n) is 3.86. The summed E-state index contributed by atoms with van der Waals surface area (Å²) in [5.41, 5.74) is 0.907. The summed E-state index contributed by atoms with van der Waals surface area (Å²) >= 11 is 6.16. The first-order valence-electron chi connectivity index (χ1n) is 10.6. The maximum absolute atomic E-state index is 12.5. The number of halogens is 1. The number of hydrogen-bond acceptors (Lipinski definition) is 6. The summed E-state index contributed by atoms with van der Waals surface area (Å²) in [5, 5.41) is 11.4. The van der Waals surface area contributed by atoms with Crippen LogP contribution >= 0.6 is 11.6 Å². The van der Waals surface area contributed by atoms with E-state index in [-0.39, 0.29) is 24.0 Å². The van der Waals surface area contributed by atoms with Crippen LogP contribution in [-0.2, 0) is 4.79 Å². The van der Waals surface area contributed by atoms with Gasteiger partial charge in [-0.05, 0) is 64.7 Å². The average Bonchev–Trinajstić information content (AvgIpc) is 2.66. The quantitative estimate of drug-likeness (QED) is 0.647. The van der Waals surface area contributed by atoms with Gasteiger partial charge in [-0.15, -0.1) is 0 Å². The van der Waals surface area contributed by atoms with Crippen LogP contribution in [0.2, 0.25) is 5.02 Å². The number of carbonyl (C=O) groups is 1. The molecule has 1 aliphatic carbocycles. The van der Waals surface area contributed by atoms with E-state index in [1.54, 1.807) is 6.07 Å². The molecule has 1 aromatic carbocycles. The standard InChI is InChI=1S/C22H33ClN6O/c1-22(2,3)28-16-9-7-15(8-10-16)25-19(30)13-24-20-17-12-14(23)6-11-18(17)26-21(27-20)29(4)5/h6,11-12,15-16,28H,7-10,13H2,1-5H3,(H,25,30)(H,24,26,27). The molecule has 2 aromatic rings. The highest BCUT2D eigenvalue weighted by Crippen LogP contribution is 2.26. The molecular formula is C22H33ClN6O. The molecule has 0 bridgehead atoms. The minimum absolute atomic E-state index is 0.0255. The van der Waals surface area contributed by atoms with E-state index < -0.39 is 0 Å². The van der Waals surface area contributed by atoms with Crippen LogP contribution in [0, 0.1) is 0 Å². The average molecular weight is 433 g/mol. The minimum atomic E-state index is -0.0255. The predicted molar refractivity (Wildman–Crippen MR) is 124 cm³/mol. The van der Waals surface area contributed by atoms with E-state index in [1.165, 1.54) is 0 Å². The molecular weight excluding hydrogens is 400 g/mol. The number of fused-ring (bicyclic) bond motifs is 1. The van der Waals surface area contributed by atoms with Crippen LogP contribution in [0.4, 0.5) is 11.8 Å². The zero-order valence-electron chi connectivity index (χ0n) is 18.6. The minimum Gasteiger partial charge on any atom is -0.360 e. The van der Waals surface area contributed by atoms with Gasteiger partial charge in [0.2, 0.25) is 11.9 Å². The van der Waals surface area contributed by atoms with Crippen LogP contribution < -0.4 is 20.9 Å². The van der Waals surface area contributed by atoms with Gasteiger partial charge in [0.1, 0.15) is 5.82 Å². The molecule has 0 aliphatic heterocycles. The molecule has 3 rings (SSSR count). The largest absolute Gasteiger partial charge is 0.360 e. The lowest BCUT2D eigenvalue weighted by atomic mass is 9.89. The van der Waals surface area contributed by atoms with Crippen molar-refractivity contribution in [3.05, 3.63) is 23.2 Å². The predicted octanol–water partition coefficient (Wildman–Crippen LogP) is 3.58. The summed E-state index contributed by atoms with van der Waals surface area (Å²) in [6, 6.07) is 6.24. The van der Waals surface area contributed by atoms with Gasteiger partial charge in [0.05, 0.1) is 12.1 Å². The number of benzene rings is 1. The third-order valence-electron chi connectivity index (χ3n) is 5.19. The number of carbonyl (C=O) groups excluding carboxylic acids is 1. The van der Waals surface area contributed by atoms with Gasteiger partial charge >= 0.3 is 0 Å². The first kappa shape index (κ1) is 22.6. The third-order valence-corrected chi connectivity index (χ3v) is 5.43. The van der Waals surface area contributed by atoms with Crippen molar-refractivity contribution in [3.63, 3.8) is 0 Å². The Morgan fingerprint density at radius 3 is 2.43 bits per heavy atom. The summed E-state index contributed by atoms with van der Waals surface area (Å²) in [6.07, 6.45) is 4.15. The third kappa shape index (κ3) is 6.19. The lowest BCUT2D eigenvalue weighted by Gasteiger charge is -2.34. The normalized spacial score (nSPS) is 19.5. The van der Waals surface area contributed by atoms with Crippen molar-refractivity contribution < 1.29 is 4.79 Å². The summed E-state index contributed by atoms with van der Waals surface area (Å²) in [5.74, 6) is 1.17. The molecule has 1 fully saturated rings. The van der Waals surface area contributed by atoms with Gasteiger partial charge in [-0.25, -0.2) is 4.98 Å². The van der Waals surface area contributed by atoms with E-state index in [9.17, 15) is 4.79 Å². The number of nitrogens with one attached hydrogen (secondary N) is 3. The molecule has 0 saturated heterocycles. The smallest absolute Gasteiger partial charge is 0.239 e. The number of hydrogen-bond donors (Lipinski definition) is 3. The van der Waals surface area contributed by atoms with Gasteiger partial charge in [-0.2, -0.15) is 4.98 Å². The monoisotopic (exact) mass is 432 g/mol. The van der Waals surface area contributed by atoms with Crippen LogP contribution in [0.3, 0.4) is 0 Å². The first-order chi connectivity index (χ1) is 14.1.